The van der Waals surface area contributed by atoms with E-state index in [4.69, 9.17) is 10.5 Å². The molecule has 158 valence electrons. The molecule has 2 aromatic rings. The van der Waals surface area contributed by atoms with Crippen LogP contribution in [0.5, 0.6) is 0 Å². The number of fused-ring (bicyclic) bond motifs is 3. The molecule has 7 nitrogen and oxygen atoms in total. The van der Waals surface area contributed by atoms with E-state index in [1.54, 1.807) is 32.0 Å². The SMILES string of the molecule is CCOCCC(=O)N[C@@H](C)C(=O)N1C(=O)C(C)c2ccccc2-c2c(N)cccc21. The predicted octanol–water partition coefficient (Wildman–Crippen LogP) is 2.84. The van der Waals surface area contributed by atoms with Crippen molar-refractivity contribution in [3.05, 3.63) is 48.0 Å². The number of hydrogen-bond donors (Lipinski definition) is 2. The van der Waals surface area contributed by atoms with Crippen molar-refractivity contribution < 1.29 is 19.1 Å². The first kappa shape index (κ1) is 21.5. The van der Waals surface area contributed by atoms with Crippen molar-refractivity contribution in [2.45, 2.75) is 39.2 Å². The van der Waals surface area contributed by atoms with Gasteiger partial charge < -0.3 is 15.8 Å². The lowest BCUT2D eigenvalue weighted by atomic mass is 9.92. The Hall–Kier alpha value is -3.19. The number of nitrogen functional groups attached to an aromatic ring is 1. The zero-order chi connectivity index (χ0) is 21.8. The molecule has 0 aliphatic carbocycles. The van der Waals surface area contributed by atoms with Crippen LogP contribution in [0.4, 0.5) is 11.4 Å². The Morgan fingerprint density at radius 2 is 1.93 bits per heavy atom. The summed E-state index contributed by atoms with van der Waals surface area (Å²) in [5.41, 5.74) is 9.47. The van der Waals surface area contributed by atoms with Gasteiger partial charge in [0, 0.05) is 24.3 Å². The van der Waals surface area contributed by atoms with E-state index in [1.807, 2.05) is 31.2 Å². The number of nitrogens with zero attached hydrogens (tertiary/aromatic N) is 1. The van der Waals surface area contributed by atoms with Gasteiger partial charge in [-0.25, -0.2) is 4.90 Å². The van der Waals surface area contributed by atoms with Crippen LogP contribution in [-0.2, 0) is 19.1 Å². The summed E-state index contributed by atoms with van der Waals surface area (Å²) in [5, 5.41) is 2.66. The van der Waals surface area contributed by atoms with Crippen LogP contribution in [0.2, 0.25) is 0 Å². The largest absolute Gasteiger partial charge is 0.398 e. The topological polar surface area (TPSA) is 102 Å². The monoisotopic (exact) mass is 409 g/mol. The summed E-state index contributed by atoms with van der Waals surface area (Å²) >= 11 is 0. The average Bonchev–Trinajstić information content (AvgIpc) is 2.82. The van der Waals surface area contributed by atoms with Crippen molar-refractivity contribution in [2.75, 3.05) is 23.8 Å². The smallest absolute Gasteiger partial charge is 0.256 e. The second-order valence-corrected chi connectivity index (χ2v) is 7.30. The molecule has 2 atom stereocenters. The molecule has 0 bridgehead atoms. The Bertz CT molecular complexity index is 973. The van der Waals surface area contributed by atoms with Gasteiger partial charge in [0.2, 0.25) is 11.8 Å². The summed E-state index contributed by atoms with van der Waals surface area (Å²) in [6.45, 7) is 5.98. The Morgan fingerprint density at radius 3 is 2.67 bits per heavy atom. The van der Waals surface area contributed by atoms with E-state index in [9.17, 15) is 14.4 Å². The first-order valence-electron chi connectivity index (χ1n) is 10.1. The van der Waals surface area contributed by atoms with Gasteiger partial charge in [-0.05, 0) is 44.0 Å². The molecule has 1 aliphatic heterocycles. The quantitative estimate of drug-likeness (QED) is 0.564. The number of benzene rings is 2. The molecule has 3 rings (SSSR count). The zero-order valence-corrected chi connectivity index (χ0v) is 17.5. The molecule has 0 spiro atoms. The third-order valence-corrected chi connectivity index (χ3v) is 5.25. The predicted molar refractivity (Wildman–Crippen MR) is 116 cm³/mol. The Kier molecular flexibility index (Phi) is 6.52. The molecule has 1 heterocycles. The summed E-state index contributed by atoms with van der Waals surface area (Å²) in [6, 6.07) is 11.8. The molecule has 30 heavy (non-hydrogen) atoms. The first-order valence-corrected chi connectivity index (χ1v) is 10.1. The van der Waals surface area contributed by atoms with E-state index in [2.05, 4.69) is 5.32 Å². The minimum Gasteiger partial charge on any atom is -0.398 e. The first-order chi connectivity index (χ1) is 14.4. The Balaban J connectivity index is 1.97. The molecule has 7 heteroatoms. The van der Waals surface area contributed by atoms with Gasteiger partial charge in [-0.2, -0.15) is 0 Å². The molecular weight excluding hydrogens is 382 g/mol. The van der Waals surface area contributed by atoms with Crippen molar-refractivity contribution in [3.8, 4) is 11.1 Å². The Labute approximate surface area is 176 Å². The molecule has 1 unspecified atom stereocenters. The van der Waals surface area contributed by atoms with Crippen LogP contribution < -0.4 is 16.0 Å². The lowest BCUT2D eigenvalue weighted by Gasteiger charge is -2.26. The molecule has 2 aromatic carbocycles. The molecule has 0 aromatic heterocycles. The van der Waals surface area contributed by atoms with Gasteiger partial charge in [-0.1, -0.05) is 30.3 Å². The minimum atomic E-state index is -0.884. The third kappa shape index (κ3) is 4.07. The van der Waals surface area contributed by atoms with Crippen LogP contribution in [0.1, 0.15) is 38.7 Å². The molecular formula is C23H27N3O4. The molecule has 3 N–H and O–H groups in total. The van der Waals surface area contributed by atoms with Crippen LogP contribution in [0.25, 0.3) is 11.1 Å². The van der Waals surface area contributed by atoms with E-state index in [1.165, 1.54) is 0 Å². The summed E-state index contributed by atoms with van der Waals surface area (Å²) in [5.74, 6) is -1.71. The van der Waals surface area contributed by atoms with E-state index in [-0.39, 0.29) is 24.8 Å². The van der Waals surface area contributed by atoms with Crippen molar-refractivity contribution in [3.63, 3.8) is 0 Å². The number of carbonyl (C=O) groups is 3. The second-order valence-electron chi connectivity index (χ2n) is 7.30. The minimum absolute atomic E-state index is 0.144. The summed E-state index contributed by atoms with van der Waals surface area (Å²) < 4.78 is 5.18. The number of amides is 3. The molecule has 0 radical (unpaired) electrons. The molecule has 0 fully saturated rings. The fraction of sp³-hybridized carbons (Fsp3) is 0.348. The number of rotatable bonds is 6. The normalized spacial score (nSPS) is 16.3. The van der Waals surface area contributed by atoms with Crippen molar-refractivity contribution >= 4 is 29.1 Å². The number of imide groups is 1. The highest BCUT2D eigenvalue weighted by molar-refractivity contribution is 6.22. The second kappa shape index (κ2) is 9.09. The van der Waals surface area contributed by atoms with E-state index < -0.39 is 17.9 Å². The van der Waals surface area contributed by atoms with Gasteiger partial charge in [-0.15, -0.1) is 0 Å². The van der Waals surface area contributed by atoms with Crippen LogP contribution >= 0.6 is 0 Å². The standard InChI is InChI=1S/C23H27N3O4/c1-4-30-13-12-20(27)25-15(3)23(29)26-19-11-7-10-18(24)21(19)17-9-6-5-8-16(17)14(2)22(26)28/h5-11,14-15H,4,12-13,24H2,1-3H3,(H,25,27)/t14?,15-/m0/s1. The fourth-order valence-electron chi connectivity index (χ4n) is 3.69. The fourth-order valence-corrected chi connectivity index (χ4v) is 3.69. The van der Waals surface area contributed by atoms with Crippen LogP contribution in [-0.4, -0.2) is 37.0 Å². The van der Waals surface area contributed by atoms with Gasteiger partial charge in [-0.3, -0.25) is 14.4 Å². The van der Waals surface area contributed by atoms with E-state index >= 15 is 0 Å². The maximum Gasteiger partial charge on any atom is 0.256 e. The van der Waals surface area contributed by atoms with Crippen molar-refractivity contribution in [1.82, 2.24) is 5.32 Å². The summed E-state index contributed by atoms with van der Waals surface area (Å²) in [4.78, 5) is 40.0. The molecule has 0 saturated carbocycles. The van der Waals surface area contributed by atoms with E-state index in [0.717, 1.165) is 16.0 Å². The van der Waals surface area contributed by atoms with Gasteiger partial charge in [0.15, 0.2) is 0 Å². The Morgan fingerprint density at radius 1 is 1.20 bits per heavy atom. The highest BCUT2D eigenvalue weighted by Crippen LogP contribution is 2.43. The zero-order valence-electron chi connectivity index (χ0n) is 17.5. The van der Waals surface area contributed by atoms with Gasteiger partial charge in [0.1, 0.15) is 6.04 Å². The number of hydrogen-bond acceptors (Lipinski definition) is 5. The van der Waals surface area contributed by atoms with Crippen LogP contribution in [0.3, 0.4) is 0 Å². The number of carbonyl (C=O) groups excluding carboxylic acids is 3. The number of anilines is 2. The maximum absolute atomic E-state index is 13.4. The average molecular weight is 409 g/mol. The van der Waals surface area contributed by atoms with Gasteiger partial charge in [0.25, 0.3) is 5.91 Å². The van der Waals surface area contributed by atoms with Crippen LogP contribution in [0, 0.1) is 0 Å². The lowest BCUT2D eigenvalue weighted by molar-refractivity contribution is -0.131. The molecule has 0 saturated heterocycles. The van der Waals surface area contributed by atoms with Gasteiger partial charge in [0.05, 0.1) is 18.2 Å². The number of ether oxygens (including phenoxy) is 1. The van der Waals surface area contributed by atoms with Crippen molar-refractivity contribution in [1.29, 1.82) is 0 Å². The molecule has 1 aliphatic rings. The number of nitrogens with two attached hydrogens (primary N) is 1. The van der Waals surface area contributed by atoms with Gasteiger partial charge >= 0.3 is 0 Å². The van der Waals surface area contributed by atoms with E-state index in [0.29, 0.717) is 23.5 Å². The third-order valence-electron chi connectivity index (χ3n) is 5.25. The maximum atomic E-state index is 13.4. The summed E-state index contributed by atoms with van der Waals surface area (Å²) in [6.07, 6.45) is 0.144. The summed E-state index contributed by atoms with van der Waals surface area (Å²) in [7, 11) is 0. The number of nitrogens with one attached hydrogen (secondary N) is 1. The van der Waals surface area contributed by atoms with Crippen LogP contribution in [0.15, 0.2) is 42.5 Å². The van der Waals surface area contributed by atoms with Crippen molar-refractivity contribution in [2.24, 2.45) is 0 Å². The highest BCUT2D eigenvalue weighted by atomic mass is 16.5. The molecule has 3 amide bonds. The highest BCUT2D eigenvalue weighted by Gasteiger charge is 2.37. The lowest BCUT2D eigenvalue weighted by Crippen LogP contribution is -2.50.